The van der Waals surface area contributed by atoms with Gasteiger partial charge in [0.2, 0.25) is 5.89 Å². The summed E-state index contributed by atoms with van der Waals surface area (Å²) in [6.07, 6.45) is 9.22. The van der Waals surface area contributed by atoms with Gasteiger partial charge in [-0.15, -0.1) is 10.2 Å². The van der Waals surface area contributed by atoms with Gasteiger partial charge in [-0.25, -0.2) is 4.98 Å². The minimum Gasteiger partial charge on any atom is -0.481 e. The van der Waals surface area contributed by atoms with E-state index in [2.05, 4.69) is 63.6 Å². The predicted molar refractivity (Wildman–Crippen MR) is 197 cm³/mol. The fourth-order valence-electron chi connectivity index (χ4n) is 12.7. The van der Waals surface area contributed by atoms with Gasteiger partial charge in [0.1, 0.15) is 11.8 Å². The zero-order valence-corrected chi connectivity index (χ0v) is 33.2. The molecule has 5 aliphatic carbocycles. The Morgan fingerprint density at radius 1 is 0.981 bits per heavy atom. The molecule has 9 nitrogen and oxygen atoms in total. The van der Waals surface area contributed by atoms with Crippen LogP contribution in [-0.4, -0.2) is 44.1 Å². The van der Waals surface area contributed by atoms with E-state index in [0.717, 1.165) is 56.9 Å². The van der Waals surface area contributed by atoms with Gasteiger partial charge in [0.05, 0.1) is 22.3 Å². The van der Waals surface area contributed by atoms with Crippen molar-refractivity contribution in [2.45, 2.75) is 138 Å². The van der Waals surface area contributed by atoms with E-state index in [4.69, 9.17) is 20.8 Å². The number of carboxylic acids is 1. The van der Waals surface area contributed by atoms with Gasteiger partial charge in [-0.1, -0.05) is 60.1 Å². The lowest BCUT2D eigenvalue weighted by molar-refractivity contribution is -0.232. The van der Waals surface area contributed by atoms with E-state index in [1.165, 1.54) is 5.57 Å². The maximum Gasteiger partial charge on any atom is 0.309 e. The zero-order valence-electron chi connectivity index (χ0n) is 32.4. The first-order valence-electron chi connectivity index (χ1n) is 19.4. The molecule has 4 saturated carbocycles. The van der Waals surface area contributed by atoms with Gasteiger partial charge >= 0.3 is 11.9 Å². The lowest BCUT2D eigenvalue weighted by Gasteiger charge is -2.72. The monoisotopic (exact) mass is 733 g/mol. The second-order valence-electron chi connectivity index (χ2n) is 19.3. The first-order chi connectivity index (χ1) is 24.2. The molecule has 8 atom stereocenters. The molecule has 0 bridgehead atoms. The molecule has 5 aliphatic rings. The third-order valence-electron chi connectivity index (χ3n) is 15.6. The van der Waals surface area contributed by atoms with E-state index < -0.39 is 22.8 Å². The Morgan fingerprint density at radius 2 is 1.71 bits per heavy atom. The fourth-order valence-corrected chi connectivity index (χ4v) is 12.8. The molecule has 2 aromatic heterocycles. The van der Waals surface area contributed by atoms with E-state index in [0.29, 0.717) is 40.8 Å². The van der Waals surface area contributed by atoms with E-state index >= 15 is 0 Å². The van der Waals surface area contributed by atoms with Gasteiger partial charge in [-0.05, 0) is 128 Å². The van der Waals surface area contributed by atoms with Crippen molar-refractivity contribution in [3.63, 3.8) is 0 Å². The molecule has 282 valence electrons. The first-order valence-corrected chi connectivity index (χ1v) is 19.8. The Kier molecular flexibility index (Phi) is 8.76. The summed E-state index contributed by atoms with van der Waals surface area (Å²) in [5.41, 5.74) is 0.806. The Balaban J connectivity index is 1.20. The number of hydrogen-bond donors (Lipinski definition) is 1. The second kappa shape index (κ2) is 12.2. The molecule has 0 spiro atoms. The number of aromatic nitrogens is 3. The van der Waals surface area contributed by atoms with Crippen LogP contribution >= 0.6 is 11.6 Å². The lowest BCUT2D eigenvalue weighted by Crippen LogP contribution is -2.66. The predicted octanol–water partition coefficient (Wildman–Crippen LogP) is 9.43. The Morgan fingerprint density at radius 3 is 2.37 bits per heavy atom. The van der Waals surface area contributed by atoms with Crippen LogP contribution in [0.15, 0.2) is 33.9 Å². The number of carbonyl (C=O) groups is 3. The molecular formula is C42H56ClN3O6. The van der Waals surface area contributed by atoms with Crippen molar-refractivity contribution >= 4 is 29.3 Å². The minimum atomic E-state index is -1.17. The highest BCUT2D eigenvalue weighted by Gasteiger charge is 2.71. The molecule has 0 saturated heterocycles. The summed E-state index contributed by atoms with van der Waals surface area (Å²) in [6.45, 7) is 19.6. The van der Waals surface area contributed by atoms with Gasteiger partial charge in [-0.3, -0.25) is 14.4 Å². The van der Waals surface area contributed by atoms with Crippen molar-refractivity contribution in [1.29, 1.82) is 0 Å². The lowest BCUT2D eigenvalue weighted by atomic mass is 9.33. The number of carboxylic acid groups (broad SMARTS) is 1. The highest BCUT2D eigenvalue weighted by Crippen LogP contribution is 2.76. The van der Waals surface area contributed by atoms with Gasteiger partial charge in [0, 0.05) is 18.0 Å². The molecule has 0 aliphatic heterocycles. The second-order valence-corrected chi connectivity index (χ2v) is 19.7. The number of halogens is 1. The van der Waals surface area contributed by atoms with Crippen LogP contribution in [0.25, 0.3) is 11.6 Å². The summed E-state index contributed by atoms with van der Waals surface area (Å²) >= 11 is 6.10. The average Bonchev–Trinajstić information content (AvgIpc) is 3.66. The van der Waals surface area contributed by atoms with Crippen molar-refractivity contribution in [2.75, 3.05) is 0 Å². The molecule has 0 radical (unpaired) electrons. The molecule has 4 fully saturated rings. The SMILES string of the molecule is CC(C)C1=C2[C@H]3CC[C@@H]4[C@@]5(C)CC[C@H](OC(=O)CC(C)(C)C(=O)O)C(C)(C)[C@@H]5CC[C@@]4(C)[C@]3(C)CC[C@@]2(c2nnc(-c3ccc(Cl)cn3)o2)CC1=O. The summed E-state index contributed by atoms with van der Waals surface area (Å²) in [5, 5.41) is 19.2. The Bertz CT molecular complexity index is 1830. The number of ketones is 1. The van der Waals surface area contributed by atoms with Gasteiger partial charge in [0.15, 0.2) is 5.78 Å². The molecule has 52 heavy (non-hydrogen) atoms. The summed E-state index contributed by atoms with van der Waals surface area (Å²) in [4.78, 5) is 43.4. The van der Waals surface area contributed by atoms with Crippen LogP contribution in [0, 0.1) is 50.7 Å². The summed E-state index contributed by atoms with van der Waals surface area (Å²) in [7, 11) is 0. The number of fused-ring (bicyclic) bond motifs is 7. The number of nitrogens with zero attached hydrogens (tertiary/aromatic N) is 3. The highest BCUT2D eigenvalue weighted by molar-refractivity contribution is 6.30. The minimum absolute atomic E-state index is 0.0341. The number of carbonyl (C=O) groups excluding carboxylic acids is 2. The van der Waals surface area contributed by atoms with Gasteiger partial charge < -0.3 is 14.3 Å². The normalized spacial score (nSPS) is 36.9. The number of aliphatic carboxylic acids is 1. The fraction of sp³-hybridized carbons (Fsp3) is 0.714. The number of esters is 1. The third kappa shape index (κ3) is 5.28. The average molecular weight is 734 g/mol. The van der Waals surface area contributed by atoms with Crippen molar-refractivity contribution < 1.29 is 28.6 Å². The van der Waals surface area contributed by atoms with Crippen molar-refractivity contribution in [3.8, 4) is 11.6 Å². The summed E-state index contributed by atoms with van der Waals surface area (Å²) < 4.78 is 12.6. The molecule has 0 aromatic carbocycles. The maximum atomic E-state index is 14.1. The van der Waals surface area contributed by atoms with E-state index in [9.17, 15) is 19.5 Å². The maximum absolute atomic E-state index is 14.1. The third-order valence-corrected chi connectivity index (χ3v) is 15.8. The number of Topliss-reactive ketones (excluding diaryl/α,β-unsaturated/α-hetero) is 1. The Hall–Kier alpha value is -3.07. The van der Waals surface area contributed by atoms with Crippen LogP contribution in [0.4, 0.5) is 0 Å². The van der Waals surface area contributed by atoms with Crippen LogP contribution < -0.4 is 0 Å². The highest BCUT2D eigenvalue weighted by atomic mass is 35.5. The number of ether oxygens (including phenoxy) is 1. The number of rotatable bonds is 7. The van der Waals surface area contributed by atoms with Crippen molar-refractivity contribution in [3.05, 3.63) is 40.4 Å². The zero-order chi connectivity index (χ0) is 37.8. The molecule has 2 heterocycles. The quantitative estimate of drug-likeness (QED) is 0.276. The molecule has 10 heteroatoms. The molecule has 1 N–H and O–H groups in total. The van der Waals surface area contributed by atoms with Crippen molar-refractivity contribution in [1.82, 2.24) is 15.2 Å². The first kappa shape index (κ1) is 37.3. The van der Waals surface area contributed by atoms with E-state index in [-0.39, 0.29) is 51.8 Å². The molecule has 2 aromatic rings. The van der Waals surface area contributed by atoms with Crippen LogP contribution in [-0.2, 0) is 24.5 Å². The van der Waals surface area contributed by atoms with Gasteiger partial charge in [0.25, 0.3) is 5.89 Å². The number of allylic oxidation sites excluding steroid dienone is 2. The molecule has 7 rings (SSSR count). The molecule has 0 amide bonds. The van der Waals surface area contributed by atoms with Crippen LogP contribution in [0.1, 0.15) is 132 Å². The van der Waals surface area contributed by atoms with Crippen LogP contribution in [0.5, 0.6) is 0 Å². The van der Waals surface area contributed by atoms with E-state index in [1.807, 2.05) is 0 Å². The van der Waals surface area contributed by atoms with Gasteiger partial charge in [-0.2, -0.15) is 0 Å². The molecular weight excluding hydrogens is 678 g/mol. The smallest absolute Gasteiger partial charge is 0.309 e. The van der Waals surface area contributed by atoms with Crippen molar-refractivity contribution in [2.24, 2.45) is 50.7 Å². The topological polar surface area (TPSA) is 132 Å². The molecule has 0 unspecified atom stereocenters. The number of pyridine rings is 1. The summed E-state index contributed by atoms with van der Waals surface area (Å²) in [6, 6.07) is 3.54. The van der Waals surface area contributed by atoms with Crippen LogP contribution in [0.3, 0.4) is 0 Å². The number of hydrogen-bond acceptors (Lipinski definition) is 8. The largest absolute Gasteiger partial charge is 0.481 e. The Labute approximate surface area is 313 Å². The summed E-state index contributed by atoms with van der Waals surface area (Å²) in [5.74, 6) is 0.807. The standard InChI is InChI=1S/C42H56ClN3O6/c1-23(2)32-27(47)20-42(35-46-45-34(52-35)26-12-10-24(43)22-44-26)19-18-40(8)25(33(32)42)11-13-29-39(7)16-15-30(51-31(48)21-37(3,4)36(49)50)38(5,6)28(39)14-17-41(29,40)9/h10,12,22-23,25,28-30H,11,13-21H2,1-9H3,(H,49,50)/t25-,28+,29-,30+,39+,40-,41-,42-/m1/s1. The van der Waals surface area contributed by atoms with E-state index in [1.54, 1.807) is 32.2 Å². The van der Waals surface area contributed by atoms with Crippen LogP contribution in [0.2, 0.25) is 5.02 Å².